The van der Waals surface area contributed by atoms with Crippen LogP contribution in [-0.2, 0) is 16.0 Å². The summed E-state index contributed by atoms with van der Waals surface area (Å²) < 4.78 is 0. The zero-order valence-corrected chi connectivity index (χ0v) is 8.55. The van der Waals surface area contributed by atoms with Gasteiger partial charge in [-0.15, -0.1) is 0 Å². The summed E-state index contributed by atoms with van der Waals surface area (Å²) in [4.78, 5) is 21.2. The Morgan fingerprint density at radius 1 is 1.43 bits per heavy atom. The third kappa shape index (κ3) is 4.18. The summed E-state index contributed by atoms with van der Waals surface area (Å²) in [5, 5.41) is 12.4. The highest BCUT2D eigenvalue weighted by Crippen LogP contribution is 2.10. The van der Waals surface area contributed by atoms with Crippen molar-refractivity contribution in [1.29, 1.82) is 0 Å². The fraction of sp³-hybridized carbons (Fsp3) is 0.400. The smallest absolute Gasteiger partial charge is 0.310 e. The molecular weight excluding hydrogens is 200 g/mol. The molecule has 0 aromatic carbocycles. The third-order valence-corrected chi connectivity index (χ3v) is 2.58. The molecule has 0 aliphatic carbocycles. The van der Waals surface area contributed by atoms with Gasteiger partial charge in [0.15, 0.2) is 0 Å². The quantitative estimate of drug-likeness (QED) is 0.735. The summed E-state index contributed by atoms with van der Waals surface area (Å²) in [6.07, 6.45) is 1.61. The van der Waals surface area contributed by atoms with Crippen LogP contribution in [0.4, 0.5) is 0 Å². The molecule has 0 spiro atoms. The number of Topliss-reactive ketones (excluding diaryl/α,β-unsaturated/α-hetero) is 1. The van der Waals surface area contributed by atoms with Crippen molar-refractivity contribution in [2.45, 2.75) is 25.7 Å². The second kappa shape index (κ2) is 5.54. The van der Waals surface area contributed by atoms with Crippen LogP contribution in [0.15, 0.2) is 16.8 Å². The highest BCUT2D eigenvalue weighted by molar-refractivity contribution is 7.07. The van der Waals surface area contributed by atoms with E-state index in [1.165, 1.54) is 5.56 Å². The molecule has 1 rings (SSSR count). The predicted molar refractivity (Wildman–Crippen MR) is 54.5 cm³/mol. The van der Waals surface area contributed by atoms with Crippen molar-refractivity contribution >= 4 is 23.1 Å². The molecule has 0 atom stereocenters. The van der Waals surface area contributed by atoms with E-state index >= 15 is 0 Å². The van der Waals surface area contributed by atoms with Gasteiger partial charge in [-0.3, -0.25) is 9.59 Å². The Balaban J connectivity index is 2.15. The number of aliphatic carboxylic acids is 1. The van der Waals surface area contributed by atoms with E-state index in [0.717, 1.165) is 12.8 Å². The minimum atomic E-state index is -1.04. The number of aryl methyl sites for hydroxylation is 1. The van der Waals surface area contributed by atoms with Gasteiger partial charge in [-0.05, 0) is 35.2 Å². The Hall–Kier alpha value is -1.16. The number of carboxylic acids is 1. The maximum Gasteiger partial charge on any atom is 0.310 e. The molecule has 0 unspecified atom stereocenters. The predicted octanol–water partition coefficient (Wildman–Crippen LogP) is 2.11. The van der Waals surface area contributed by atoms with Crippen molar-refractivity contribution in [2.24, 2.45) is 0 Å². The second-order valence-corrected chi connectivity index (χ2v) is 3.87. The summed E-state index contributed by atoms with van der Waals surface area (Å²) >= 11 is 1.63. The van der Waals surface area contributed by atoms with Crippen molar-refractivity contribution in [3.63, 3.8) is 0 Å². The number of carbonyl (C=O) groups excluding carboxylic acids is 1. The molecule has 4 heteroatoms. The standard InChI is InChI=1S/C10H12O3S/c11-9(6-10(12)13)3-1-2-8-4-5-14-7-8/h4-5,7H,1-3,6H2,(H,12,13). The average molecular weight is 212 g/mol. The van der Waals surface area contributed by atoms with Crippen LogP contribution in [0, 0.1) is 0 Å². The molecular formula is C10H12O3S. The minimum Gasteiger partial charge on any atom is -0.481 e. The van der Waals surface area contributed by atoms with Crippen molar-refractivity contribution in [3.05, 3.63) is 22.4 Å². The lowest BCUT2D eigenvalue weighted by Crippen LogP contribution is -2.06. The second-order valence-electron chi connectivity index (χ2n) is 3.09. The highest BCUT2D eigenvalue weighted by atomic mass is 32.1. The average Bonchev–Trinajstić information content (AvgIpc) is 2.55. The normalized spacial score (nSPS) is 10.0. The SMILES string of the molecule is O=C(O)CC(=O)CCCc1ccsc1. The molecule has 14 heavy (non-hydrogen) atoms. The van der Waals surface area contributed by atoms with Gasteiger partial charge in [-0.2, -0.15) is 11.3 Å². The number of hydrogen-bond acceptors (Lipinski definition) is 3. The molecule has 1 N–H and O–H groups in total. The zero-order chi connectivity index (χ0) is 10.4. The van der Waals surface area contributed by atoms with Crippen LogP contribution >= 0.6 is 11.3 Å². The van der Waals surface area contributed by atoms with E-state index in [1.807, 2.05) is 16.8 Å². The van der Waals surface area contributed by atoms with Crippen LogP contribution in [0.5, 0.6) is 0 Å². The number of ketones is 1. The van der Waals surface area contributed by atoms with Gasteiger partial charge in [0.2, 0.25) is 0 Å². The van der Waals surface area contributed by atoms with Crippen LogP contribution in [0.1, 0.15) is 24.8 Å². The number of carbonyl (C=O) groups is 2. The van der Waals surface area contributed by atoms with E-state index in [2.05, 4.69) is 0 Å². The van der Waals surface area contributed by atoms with Crippen molar-refractivity contribution in [1.82, 2.24) is 0 Å². The molecule has 0 fully saturated rings. The lowest BCUT2D eigenvalue weighted by atomic mass is 10.1. The first-order chi connectivity index (χ1) is 6.68. The summed E-state index contributed by atoms with van der Waals surface area (Å²) in [5.41, 5.74) is 1.22. The number of rotatable bonds is 6. The minimum absolute atomic E-state index is 0.187. The molecule has 0 radical (unpaired) electrons. The van der Waals surface area contributed by atoms with Gasteiger partial charge in [0.25, 0.3) is 0 Å². The zero-order valence-electron chi connectivity index (χ0n) is 7.73. The van der Waals surface area contributed by atoms with Gasteiger partial charge < -0.3 is 5.11 Å². The molecule has 0 aliphatic rings. The maximum atomic E-state index is 11.0. The molecule has 3 nitrogen and oxygen atoms in total. The molecule has 76 valence electrons. The Labute approximate surface area is 86.4 Å². The van der Waals surface area contributed by atoms with Gasteiger partial charge in [-0.1, -0.05) is 0 Å². The summed E-state index contributed by atoms with van der Waals surface area (Å²) in [6, 6.07) is 2.02. The van der Waals surface area contributed by atoms with E-state index in [-0.39, 0.29) is 12.2 Å². The summed E-state index contributed by atoms with van der Waals surface area (Å²) in [7, 11) is 0. The van der Waals surface area contributed by atoms with Crippen LogP contribution in [0.2, 0.25) is 0 Å². The molecule has 0 saturated heterocycles. The molecule has 0 saturated carbocycles. The van der Waals surface area contributed by atoms with Crippen molar-refractivity contribution < 1.29 is 14.7 Å². The fourth-order valence-corrected chi connectivity index (χ4v) is 1.88. The van der Waals surface area contributed by atoms with E-state index in [0.29, 0.717) is 6.42 Å². The van der Waals surface area contributed by atoms with Crippen LogP contribution in [0.3, 0.4) is 0 Å². The van der Waals surface area contributed by atoms with Gasteiger partial charge in [-0.25, -0.2) is 0 Å². The van der Waals surface area contributed by atoms with Crippen LogP contribution in [0.25, 0.3) is 0 Å². The number of thiophene rings is 1. The molecule has 0 bridgehead atoms. The molecule has 0 aliphatic heterocycles. The lowest BCUT2D eigenvalue weighted by molar-refractivity contribution is -0.140. The first-order valence-electron chi connectivity index (χ1n) is 4.43. The topological polar surface area (TPSA) is 54.4 Å². The van der Waals surface area contributed by atoms with E-state index in [9.17, 15) is 9.59 Å². The number of hydrogen-bond donors (Lipinski definition) is 1. The van der Waals surface area contributed by atoms with E-state index in [1.54, 1.807) is 11.3 Å². The molecule has 1 aromatic heterocycles. The molecule has 1 aromatic rings. The van der Waals surface area contributed by atoms with Crippen molar-refractivity contribution in [3.8, 4) is 0 Å². The van der Waals surface area contributed by atoms with Crippen LogP contribution < -0.4 is 0 Å². The third-order valence-electron chi connectivity index (χ3n) is 1.85. The van der Waals surface area contributed by atoms with Gasteiger partial charge >= 0.3 is 5.97 Å². The Kier molecular flexibility index (Phi) is 4.32. The van der Waals surface area contributed by atoms with E-state index in [4.69, 9.17) is 5.11 Å². The largest absolute Gasteiger partial charge is 0.481 e. The van der Waals surface area contributed by atoms with Gasteiger partial charge in [0, 0.05) is 6.42 Å². The lowest BCUT2D eigenvalue weighted by Gasteiger charge is -1.97. The van der Waals surface area contributed by atoms with Crippen LogP contribution in [-0.4, -0.2) is 16.9 Å². The fourth-order valence-electron chi connectivity index (χ4n) is 1.18. The summed E-state index contributed by atoms with van der Waals surface area (Å²) in [6.45, 7) is 0. The molecule has 0 amide bonds. The van der Waals surface area contributed by atoms with Gasteiger partial charge in [0.05, 0.1) is 0 Å². The van der Waals surface area contributed by atoms with E-state index < -0.39 is 5.97 Å². The number of carboxylic acid groups (broad SMARTS) is 1. The Morgan fingerprint density at radius 2 is 2.21 bits per heavy atom. The first-order valence-corrected chi connectivity index (χ1v) is 5.37. The van der Waals surface area contributed by atoms with Gasteiger partial charge in [0.1, 0.15) is 12.2 Å². The Morgan fingerprint density at radius 3 is 2.79 bits per heavy atom. The van der Waals surface area contributed by atoms with Crippen molar-refractivity contribution in [2.75, 3.05) is 0 Å². The maximum absolute atomic E-state index is 11.0. The molecule has 1 heterocycles. The highest BCUT2D eigenvalue weighted by Gasteiger charge is 2.06. The monoisotopic (exact) mass is 212 g/mol. The Bertz CT molecular complexity index is 303. The first kappa shape index (κ1) is 10.9. The summed E-state index contributed by atoms with van der Waals surface area (Å²) in [5.74, 6) is -1.22.